The molecule has 10 rings (SSSR count). The molecule has 0 fully saturated rings. The van der Waals surface area contributed by atoms with Crippen LogP contribution in [0.25, 0.3) is 66.8 Å². The number of rotatable bonds is 7. The topological polar surface area (TPSA) is 108 Å². The molecule has 0 atom stereocenters. The molecule has 0 saturated heterocycles. The highest BCUT2D eigenvalue weighted by atomic mass is 35.5. The Kier molecular flexibility index (Phi) is 10.4. The van der Waals surface area contributed by atoms with Crippen molar-refractivity contribution in [3.05, 3.63) is 221 Å². The van der Waals surface area contributed by atoms with Crippen LogP contribution < -0.4 is 9.64 Å². The molecule has 9 aromatic rings. The van der Waals surface area contributed by atoms with Crippen LogP contribution >= 0.6 is 11.6 Å². The molecule has 0 spiro atoms. The summed E-state index contributed by atoms with van der Waals surface area (Å²) in [5.41, 5.74) is 15.3. The minimum absolute atomic E-state index is 0.515. The lowest BCUT2D eigenvalue weighted by Gasteiger charge is -2.33. The first-order chi connectivity index (χ1) is 32.0. The quantitative estimate of drug-likeness (QED) is 0.158. The molecule has 302 valence electrons. The third kappa shape index (κ3) is 7.30. The molecule has 1 heterocycles. The number of nitriles is 4. The van der Waals surface area contributed by atoms with E-state index in [2.05, 4.69) is 65.6 Å². The second-order valence-electron chi connectivity index (χ2n) is 15.4. The zero-order chi connectivity index (χ0) is 44.4. The Morgan fingerprint density at radius 3 is 0.877 bits per heavy atom. The zero-order valence-corrected chi connectivity index (χ0v) is 35.3. The first kappa shape index (κ1) is 39.9. The molecule has 0 radical (unpaired) electrons. The summed E-state index contributed by atoms with van der Waals surface area (Å²) in [6.45, 7) is 0. The van der Waals surface area contributed by atoms with Gasteiger partial charge >= 0.3 is 0 Å². The summed E-state index contributed by atoms with van der Waals surface area (Å²) in [5, 5.41) is 40.4. The average Bonchev–Trinajstić information content (AvgIpc) is 3.37. The van der Waals surface area contributed by atoms with Gasteiger partial charge in [0.25, 0.3) is 0 Å². The van der Waals surface area contributed by atoms with E-state index < -0.39 is 0 Å². The van der Waals surface area contributed by atoms with Crippen molar-refractivity contribution >= 4 is 28.7 Å². The Morgan fingerprint density at radius 2 is 0.585 bits per heavy atom. The molecular formula is C58H32ClN5O. The highest BCUT2D eigenvalue weighted by molar-refractivity contribution is 6.30. The molecule has 0 unspecified atom stereocenters. The van der Waals surface area contributed by atoms with Crippen molar-refractivity contribution in [2.75, 3.05) is 4.90 Å². The number of para-hydroxylation sites is 4. The molecule has 0 N–H and O–H groups in total. The van der Waals surface area contributed by atoms with Crippen molar-refractivity contribution in [3.63, 3.8) is 0 Å². The smallest absolute Gasteiger partial charge is 0.151 e. The van der Waals surface area contributed by atoms with Crippen molar-refractivity contribution in [3.8, 4) is 103 Å². The molecule has 65 heavy (non-hydrogen) atoms. The lowest BCUT2D eigenvalue weighted by atomic mass is 9.74. The van der Waals surface area contributed by atoms with Gasteiger partial charge in [-0.05, 0) is 164 Å². The van der Waals surface area contributed by atoms with Crippen LogP contribution in [0.1, 0.15) is 22.3 Å². The summed E-state index contributed by atoms with van der Waals surface area (Å²) in [6, 6.07) is 71.9. The maximum Gasteiger partial charge on any atom is 0.151 e. The Balaban J connectivity index is 1.38. The van der Waals surface area contributed by atoms with Gasteiger partial charge in [0.05, 0.1) is 57.9 Å². The summed E-state index contributed by atoms with van der Waals surface area (Å²) >= 11 is 6.63. The summed E-state index contributed by atoms with van der Waals surface area (Å²) < 4.78 is 6.35. The molecule has 0 saturated carbocycles. The normalized spacial score (nSPS) is 11.2. The predicted octanol–water partition coefficient (Wildman–Crippen LogP) is 15.4. The van der Waals surface area contributed by atoms with Crippen molar-refractivity contribution in [1.82, 2.24) is 0 Å². The van der Waals surface area contributed by atoms with Gasteiger partial charge in [-0.3, -0.25) is 0 Å². The number of hydrogen-bond acceptors (Lipinski definition) is 6. The number of hydrogen-bond donors (Lipinski definition) is 0. The Morgan fingerprint density at radius 1 is 0.323 bits per heavy atom. The lowest BCUT2D eigenvalue weighted by Crippen LogP contribution is -2.15. The van der Waals surface area contributed by atoms with Gasteiger partial charge in [0, 0.05) is 10.7 Å². The lowest BCUT2D eigenvalue weighted by molar-refractivity contribution is 0.477. The van der Waals surface area contributed by atoms with E-state index in [0.29, 0.717) is 27.3 Å². The maximum absolute atomic E-state index is 9.98. The number of fused-ring (bicyclic) bond motifs is 2. The van der Waals surface area contributed by atoms with E-state index in [1.165, 1.54) is 0 Å². The van der Waals surface area contributed by atoms with Gasteiger partial charge in [-0.25, -0.2) is 0 Å². The fraction of sp³-hybridized carbons (Fsp3) is 0. The summed E-state index contributed by atoms with van der Waals surface area (Å²) in [6.07, 6.45) is 0. The first-order valence-corrected chi connectivity index (χ1v) is 21.1. The number of anilines is 3. The van der Waals surface area contributed by atoms with E-state index in [-0.39, 0.29) is 0 Å². The average molecular weight is 850 g/mol. The van der Waals surface area contributed by atoms with Gasteiger partial charge in [-0.15, -0.1) is 0 Å². The van der Waals surface area contributed by atoms with Crippen LogP contribution in [0.5, 0.6) is 11.5 Å². The molecule has 6 nitrogen and oxygen atoms in total. The largest absolute Gasteiger partial charge is 0.453 e. The summed E-state index contributed by atoms with van der Waals surface area (Å²) in [7, 11) is 0. The van der Waals surface area contributed by atoms with Crippen LogP contribution in [-0.2, 0) is 0 Å². The van der Waals surface area contributed by atoms with Gasteiger partial charge in [0.1, 0.15) is 0 Å². The molecule has 0 aliphatic carbocycles. The van der Waals surface area contributed by atoms with Gasteiger partial charge in [-0.1, -0.05) is 109 Å². The summed E-state index contributed by atoms with van der Waals surface area (Å²) in [4.78, 5) is 2.21. The van der Waals surface area contributed by atoms with E-state index in [4.69, 9.17) is 16.3 Å². The predicted molar refractivity (Wildman–Crippen MR) is 258 cm³/mol. The van der Waals surface area contributed by atoms with Crippen molar-refractivity contribution < 1.29 is 4.74 Å². The van der Waals surface area contributed by atoms with Crippen LogP contribution in [0.15, 0.2) is 194 Å². The van der Waals surface area contributed by atoms with E-state index >= 15 is 0 Å². The van der Waals surface area contributed by atoms with Gasteiger partial charge < -0.3 is 9.64 Å². The van der Waals surface area contributed by atoms with E-state index in [1.54, 1.807) is 0 Å². The van der Waals surface area contributed by atoms with Crippen LogP contribution in [-0.4, -0.2) is 0 Å². The summed E-state index contributed by atoms with van der Waals surface area (Å²) in [5.74, 6) is 1.50. The second kappa shape index (κ2) is 16.9. The Hall–Kier alpha value is -9.17. The third-order valence-corrected chi connectivity index (χ3v) is 11.9. The molecule has 1 aliphatic heterocycles. The van der Waals surface area contributed by atoms with E-state index in [0.717, 1.165) is 95.3 Å². The van der Waals surface area contributed by atoms with E-state index in [9.17, 15) is 21.0 Å². The number of ether oxygens (including phenoxy) is 1. The van der Waals surface area contributed by atoms with Gasteiger partial charge in [0.15, 0.2) is 11.5 Å². The minimum Gasteiger partial charge on any atom is -0.453 e. The maximum atomic E-state index is 9.98. The monoisotopic (exact) mass is 849 g/mol. The molecule has 7 heteroatoms. The standard InChI is InChI=1S/C58H32ClN5O/c59-47-29-25-45(26-30-47)57-55(43-21-13-39(35-62)14-22-43)53(41-17-9-37(33-60)10-18-41)54(42-19-11-38(34-61)12-20-42)56(44-23-15-40(36-63)16-24-44)58(57)46-27-31-48(32-28-46)64-49-5-1-3-7-51(49)65-52-8-4-2-6-50(52)64/h1-32H. The van der Waals surface area contributed by atoms with Crippen LogP contribution in [0.3, 0.4) is 0 Å². The Labute approximate surface area is 381 Å². The van der Waals surface area contributed by atoms with Crippen molar-refractivity contribution in [1.29, 1.82) is 21.0 Å². The zero-order valence-electron chi connectivity index (χ0n) is 34.5. The van der Waals surface area contributed by atoms with E-state index in [1.807, 2.05) is 158 Å². The highest BCUT2D eigenvalue weighted by Crippen LogP contribution is 2.57. The van der Waals surface area contributed by atoms with Crippen LogP contribution in [0.4, 0.5) is 17.1 Å². The van der Waals surface area contributed by atoms with Gasteiger partial charge in [0.2, 0.25) is 0 Å². The molecule has 0 bridgehead atoms. The SMILES string of the molecule is N#Cc1ccc(-c2c(-c3ccc(Cl)cc3)c(-c3ccc(N4c5ccccc5Oc5ccccc54)cc3)c(-c3ccc(C#N)cc3)c(-c3ccc(C#N)cc3)c2-c2ccc(C#N)cc2)cc1. The molecule has 0 aromatic heterocycles. The highest BCUT2D eigenvalue weighted by Gasteiger charge is 2.30. The first-order valence-electron chi connectivity index (χ1n) is 20.7. The fourth-order valence-electron chi connectivity index (χ4n) is 8.70. The number of nitrogens with zero attached hydrogens (tertiary/aromatic N) is 5. The van der Waals surface area contributed by atoms with Crippen molar-refractivity contribution in [2.24, 2.45) is 0 Å². The molecule has 0 amide bonds. The molecule has 9 aromatic carbocycles. The number of halogens is 1. The van der Waals surface area contributed by atoms with Crippen LogP contribution in [0, 0.1) is 45.3 Å². The third-order valence-electron chi connectivity index (χ3n) is 11.7. The Bertz CT molecular complexity index is 3420. The van der Waals surface area contributed by atoms with Gasteiger partial charge in [-0.2, -0.15) is 21.0 Å². The number of benzene rings is 9. The van der Waals surface area contributed by atoms with Crippen LogP contribution in [0.2, 0.25) is 5.02 Å². The molecular weight excluding hydrogens is 818 g/mol. The fourth-order valence-corrected chi connectivity index (χ4v) is 8.83. The molecule has 1 aliphatic rings. The van der Waals surface area contributed by atoms with Crippen molar-refractivity contribution in [2.45, 2.75) is 0 Å². The minimum atomic E-state index is 0.515. The second-order valence-corrected chi connectivity index (χ2v) is 15.9.